The average Bonchev–Trinajstić information content (AvgIpc) is 2.40. The first kappa shape index (κ1) is 14.6. The number of carbonyl (C=O) groups is 1. The quantitative estimate of drug-likeness (QED) is 0.623. The first-order valence-corrected chi connectivity index (χ1v) is 5.53. The largest absolute Gasteiger partial charge is 0.507 e. The number of nitrogens with one attached hydrogen (secondary N) is 1. The van der Waals surface area contributed by atoms with Crippen molar-refractivity contribution < 1.29 is 24.1 Å². The monoisotopic (exact) mass is 268 g/mol. The number of nitrogens with zero attached hydrogens (tertiary/aromatic N) is 1. The Balaban J connectivity index is 2.88. The van der Waals surface area contributed by atoms with E-state index in [4.69, 9.17) is 9.47 Å². The third-order valence-electron chi connectivity index (χ3n) is 2.17. The molecule has 0 aliphatic rings. The Hall–Kier alpha value is -2.44. The summed E-state index contributed by atoms with van der Waals surface area (Å²) in [4.78, 5) is 11.0. The molecule has 0 aliphatic carbocycles. The number of methoxy groups -OCH3 is 2. The minimum atomic E-state index is -0.675. The number of amides is 1. The summed E-state index contributed by atoms with van der Waals surface area (Å²) in [7, 11) is 2.93. The maximum atomic E-state index is 11.0. The molecule has 0 saturated carbocycles. The average molecular weight is 268 g/mol. The van der Waals surface area contributed by atoms with Crippen LogP contribution in [0, 0.1) is 0 Å². The summed E-state index contributed by atoms with van der Waals surface area (Å²) in [5.41, 5.74) is 2.47. The zero-order valence-corrected chi connectivity index (χ0v) is 11.0. The topological polar surface area (TPSA) is 89.4 Å². The maximum absolute atomic E-state index is 11.0. The molecule has 0 bridgehead atoms. The van der Waals surface area contributed by atoms with E-state index >= 15 is 0 Å². The number of phenols is 1. The van der Waals surface area contributed by atoms with E-state index in [9.17, 15) is 9.90 Å². The van der Waals surface area contributed by atoms with Gasteiger partial charge in [0.15, 0.2) is 0 Å². The van der Waals surface area contributed by atoms with E-state index in [0.717, 1.165) is 0 Å². The number of carbonyl (C=O) groups excluding carboxylic acids is 1. The fraction of sp³-hybridized carbons (Fsp3) is 0.333. The van der Waals surface area contributed by atoms with Crippen LogP contribution in [0.15, 0.2) is 17.2 Å². The molecular weight excluding hydrogens is 252 g/mol. The molecule has 0 fully saturated rings. The standard InChI is InChI=1S/C12H16N2O5/c1-4-19-12(16)14-13-7-9-10(15)5-8(17-2)6-11(9)18-3/h5-7,15H,4H2,1-3H3,(H,14,16)/b13-7+. The van der Waals surface area contributed by atoms with Gasteiger partial charge < -0.3 is 19.3 Å². The van der Waals surface area contributed by atoms with Crippen LogP contribution in [0.25, 0.3) is 0 Å². The zero-order valence-electron chi connectivity index (χ0n) is 11.0. The van der Waals surface area contributed by atoms with Crippen LogP contribution >= 0.6 is 0 Å². The molecule has 0 atom stereocenters. The van der Waals surface area contributed by atoms with Crippen LogP contribution in [0.2, 0.25) is 0 Å². The summed E-state index contributed by atoms with van der Waals surface area (Å²) in [6.07, 6.45) is 0.579. The Labute approximate surface area is 110 Å². The van der Waals surface area contributed by atoms with E-state index in [1.54, 1.807) is 13.0 Å². The lowest BCUT2D eigenvalue weighted by Crippen LogP contribution is -2.18. The summed E-state index contributed by atoms with van der Waals surface area (Å²) >= 11 is 0. The van der Waals surface area contributed by atoms with Gasteiger partial charge in [0, 0.05) is 12.1 Å². The van der Waals surface area contributed by atoms with Crippen molar-refractivity contribution in [1.82, 2.24) is 5.43 Å². The van der Waals surface area contributed by atoms with Crippen molar-refractivity contribution in [3.05, 3.63) is 17.7 Å². The van der Waals surface area contributed by atoms with Crippen molar-refractivity contribution in [1.29, 1.82) is 0 Å². The number of benzene rings is 1. The molecule has 7 nitrogen and oxygen atoms in total. The molecule has 1 aromatic rings. The molecule has 1 aromatic carbocycles. The lowest BCUT2D eigenvalue weighted by molar-refractivity contribution is 0.152. The number of aromatic hydroxyl groups is 1. The van der Waals surface area contributed by atoms with Crippen LogP contribution in [0.5, 0.6) is 17.2 Å². The van der Waals surface area contributed by atoms with Gasteiger partial charge in [-0.25, -0.2) is 10.2 Å². The van der Waals surface area contributed by atoms with Crippen LogP contribution in [0.4, 0.5) is 4.79 Å². The molecule has 0 aliphatic heterocycles. The fourth-order valence-electron chi connectivity index (χ4n) is 1.32. The van der Waals surface area contributed by atoms with Crippen molar-refractivity contribution in [3.63, 3.8) is 0 Å². The second kappa shape index (κ2) is 7.10. The highest BCUT2D eigenvalue weighted by Crippen LogP contribution is 2.31. The van der Waals surface area contributed by atoms with E-state index in [-0.39, 0.29) is 12.4 Å². The first-order valence-electron chi connectivity index (χ1n) is 5.53. The molecule has 0 unspecified atom stereocenters. The Morgan fingerprint density at radius 1 is 1.42 bits per heavy atom. The van der Waals surface area contributed by atoms with Gasteiger partial charge in [0.25, 0.3) is 0 Å². The van der Waals surface area contributed by atoms with Crippen molar-refractivity contribution in [2.75, 3.05) is 20.8 Å². The maximum Gasteiger partial charge on any atom is 0.427 e. The second-order valence-electron chi connectivity index (χ2n) is 3.35. The normalized spacial score (nSPS) is 10.3. The highest BCUT2D eigenvalue weighted by atomic mass is 16.5. The van der Waals surface area contributed by atoms with E-state index in [2.05, 4.69) is 15.3 Å². The summed E-state index contributed by atoms with van der Waals surface area (Å²) in [6, 6.07) is 3.00. The number of phenolic OH excluding ortho intramolecular Hbond substituents is 1. The molecule has 19 heavy (non-hydrogen) atoms. The van der Waals surface area contributed by atoms with Gasteiger partial charge in [0.05, 0.1) is 32.6 Å². The number of hydrazone groups is 1. The van der Waals surface area contributed by atoms with Gasteiger partial charge in [0.2, 0.25) is 0 Å². The molecule has 1 amide bonds. The predicted molar refractivity (Wildman–Crippen MR) is 69.0 cm³/mol. The van der Waals surface area contributed by atoms with Crippen molar-refractivity contribution in [3.8, 4) is 17.2 Å². The predicted octanol–water partition coefficient (Wildman–Crippen LogP) is 1.49. The van der Waals surface area contributed by atoms with Gasteiger partial charge in [-0.1, -0.05) is 0 Å². The van der Waals surface area contributed by atoms with Gasteiger partial charge in [-0.2, -0.15) is 5.10 Å². The molecule has 1 rings (SSSR count). The van der Waals surface area contributed by atoms with Crippen LogP contribution < -0.4 is 14.9 Å². The number of rotatable bonds is 5. The summed E-state index contributed by atoms with van der Waals surface area (Å²) < 4.78 is 14.7. The molecule has 2 N–H and O–H groups in total. The highest BCUT2D eigenvalue weighted by molar-refractivity contribution is 5.88. The van der Waals surface area contributed by atoms with Gasteiger partial charge in [-0.05, 0) is 6.92 Å². The lowest BCUT2D eigenvalue weighted by Gasteiger charge is -2.09. The van der Waals surface area contributed by atoms with E-state index in [1.807, 2.05) is 0 Å². The number of hydrogen-bond acceptors (Lipinski definition) is 6. The molecule has 0 radical (unpaired) electrons. The van der Waals surface area contributed by atoms with Crippen molar-refractivity contribution >= 4 is 12.3 Å². The molecule has 0 aromatic heterocycles. The van der Waals surface area contributed by atoms with E-state index < -0.39 is 6.09 Å². The minimum Gasteiger partial charge on any atom is -0.507 e. The van der Waals surface area contributed by atoms with E-state index in [1.165, 1.54) is 26.5 Å². The minimum absolute atomic E-state index is 0.0781. The molecule has 0 saturated heterocycles. The van der Waals surface area contributed by atoms with Crippen LogP contribution in [-0.2, 0) is 4.74 Å². The lowest BCUT2D eigenvalue weighted by atomic mass is 10.2. The first-order chi connectivity index (χ1) is 9.12. The molecule has 0 heterocycles. The van der Waals surface area contributed by atoms with Crippen LogP contribution in [0.1, 0.15) is 12.5 Å². The fourth-order valence-corrected chi connectivity index (χ4v) is 1.32. The third-order valence-corrected chi connectivity index (χ3v) is 2.17. The Kier molecular flexibility index (Phi) is 5.46. The smallest absolute Gasteiger partial charge is 0.427 e. The summed E-state index contributed by atoms with van der Waals surface area (Å²) in [5.74, 6) is 0.738. The molecular formula is C12H16N2O5. The Bertz CT molecular complexity index is 473. The summed E-state index contributed by atoms with van der Waals surface area (Å²) in [6.45, 7) is 1.93. The van der Waals surface area contributed by atoms with Crippen LogP contribution in [-0.4, -0.2) is 38.2 Å². The molecule has 0 spiro atoms. The SMILES string of the molecule is CCOC(=O)N/N=C/c1c(O)cc(OC)cc1OC. The molecule has 7 heteroatoms. The van der Waals surface area contributed by atoms with Crippen molar-refractivity contribution in [2.24, 2.45) is 5.10 Å². The Morgan fingerprint density at radius 3 is 2.74 bits per heavy atom. The van der Waals surface area contributed by atoms with Crippen molar-refractivity contribution in [2.45, 2.75) is 6.92 Å². The van der Waals surface area contributed by atoms with Gasteiger partial charge >= 0.3 is 6.09 Å². The zero-order chi connectivity index (χ0) is 14.3. The summed E-state index contributed by atoms with van der Waals surface area (Å²) in [5, 5.41) is 13.5. The van der Waals surface area contributed by atoms with Gasteiger partial charge in [-0.3, -0.25) is 0 Å². The van der Waals surface area contributed by atoms with Gasteiger partial charge in [0.1, 0.15) is 17.2 Å². The molecule has 104 valence electrons. The van der Waals surface area contributed by atoms with Crippen LogP contribution in [0.3, 0.4) is 0 Å². The highest BCUT2D eigenvalue weighted by Gasteiger charge is 2.10. The van der Waals surface area contributed by atoms with Gasteiger partial charge in [-0.15, -0.1) is 0 Å². The Morgan fingerprint density at radius 2 is 2.16 bits per heavy atom. The number of hydrogen-bond donors (Lipinski definition) is 2. The second-order valence-corrected chi connectivity index (χ2v) is 3.35. The third kappa shape index (κ3) is 4.06. The number of ether oxygens (including phenoxy) is 3. The van der Waals surface area contributed by atoms with E-state index in [0.29, 0.717) is 17.1 Å².